The summed E-state index contributed by atoms with van der Waals surface area (Å²) in [6, 6.07) is 7.79. The van der Waals surface area contributed by atoms with Gasteiger partial charge < -0.3 is 20.1 Å². The molecular weight excluding hydrogens is 256 g/mol. The Balaban J connectivity index is 2.10. The van der Waals surface area contributed by atoms with Gasteiger partial charge in [-0.05, 0) is 24.1 Å². The summed E-state index contributed by atoms with van der Waals surface area (Å²) in [6.07, 6.45) is 1.25. The number of carbonyl (C=O) groups is 1. The second-order valence-electron chi connectivity index (χ2n) is 4.44. The third kappa shape index (κ3) is 7.11. The Morgan fingerprint density at radius 2 is 1.85 bits per heavy atom. The number of nitrogens with one attached hydrogen (secondary N) is 2. The summed E-state index contributed by atoms with van der Waals surface area (Å²) in [5.41, 5.74) is 1.14. The topological polar surface area (TPSA) is 59.6 Å². The molecule has 0 aromatic heterocycles. The van der Waals surface area contributed by atoms with E-state index in [-0.39, 0.29) is 5.91 Å². The lowest BCUT2D eigenvalue weighted by Crippen LogP contribution is -2.33. The van der Waals surface area contributed by atoms with Gasteiger partial charge in [-0.3, -0.25) is 4.79 Å². The zero-order valence-corrected chi connectivity index (χ0v) is 12.3. The van der Waals surface area contributed by atoms with Crippen molar-refractivity contribution < 1.29 is 14.3 Å². The van der Waals surface area contributed by atoms with Crippen molar-refractivity contribution in [1.82, 2.24) is 10.6 Å². The molecule has 20 heavy (non-hydrogen) atoms. The Labute approximate surface area is 120 Å². The van der Waals surface area contributed by atoms with Crippen LogP contribution in [0.4, 0.5) is 0 Å². The molecule has 5 nitrogen and oxygen atoms in total. The van der Waals surface area contributed by atoms with E-state index in [1.165, 1.54) is 0 Å². The highest BCUT2D eigenvalue weighted by Gasteiger charge is 2.02. The molecule has 0 aliphatic heterocycles. The van der Waals surface area contributed by atoms with E-state index in [0.29, 0.717) is 19.6 Å². The van der Waals surface area contributed by atoms with Gasteiger partial charge in [-0.1, -0.05) is 12.1 Å². The number of carbonyl (C=O) groups excluding carboxylic acids is 1. The van der Waals surface area contributed by atoms with Gasteiger partial charge in [0.05, 0.1) is 13.7 Å². The van der Waals surface area contributed by atoms with Crippen LogP contribution in [0.15, 0.2) is 24.3 Å². The van der Waals surface area contributed by atoms with Gasteiger partial charge in [0.2, 0.25) is 5.91 Å². The molecule has 0 heterocycles. The lowest BCUT2D eigenvalue weighted by atomic mass is 10.1. The van der Waals surface area contributed by atoms with Crippen molar-refractivity contribution in [2.45, 2.75) is 12.8 Å². The van der Waals surface area contributed by atoms with Gasteiger partial charge >= 0.3 is 0 Å². The van der Waals surface area contributed by atoms with Crippen molar-refractivity contribution >= 4 is 5.91 Å². The van der Waals surface area contributed by atoms with Crippen LogP contribution in [0.1, 0.15) is 12.0 Å². The molecule has 0 radical (unpaired) electrons. The molecule has 2 N–H and O–H groups in total. The highest BCUT2D eigenvalue weighted by Crippen LogP contribution is 2.12. The minimum atomic E-state index is 0.0781. The lowest BCUT2D eigenvalue weighted by Gasteiger charge is -2.07. The molecule has 1 rings (SSSR count). The fraction of sp³-hybridized carbons (Fsp3) is 0.533. The first-order valence-electron chi connectivity index (χ1n) is 6.85. The number of methoxy groups -OCH3 is 2. The van der Waals surface area contributed by atoms with Gasteiger partial charge in [-0.15, -0.1) is 0 Å². The van der Waals surface area contributed by atoms with Gasteiger partial charge in [-0.25, -0.2) is 0 Å². The van der Waals surface area contributed by atoms with Crippen molar-refractivity contribution in [2.75, 3.05) is 40.5 Å². The molecule has 0 aliphatic rings. The van der Waals surface area contributed by atoms with Gasteiger partial charge in [-0.2, -0.15) is 0 Å². The van der Waals surface area contributed by atoms with Crippen molar-refractivity contribution in [3.8, 4) is 5.75 Å². The second-order valence-corrected chi connectivity index (χ2v) is 4.44. The van der Waals surface area contributed by atoms with Crippen LogP contribution < -0.4 is 15.4 Å². The van der Waals surface area contributed by atoms with Crippen molar-refractivity contribution in [2.24, 2.45) is 0 Å². The first kappa shape index (κ1) is 16.5. The molecule has 0 unspecified atom stereocenters. The van der Waals surface area contributed by atoms with Gasteiger partial charge in [0.1, 0.15) is 5.75 Å². The Hall–Kier alpha value is -1.59. The van der Waals surface area contributed by atoms with E-state index in [1.54, 1.807) is 14.2 Å². The summed E-state index contributed by atoms with van der Waals surface area (Å²) in [5.74, 6) is 0.912. The van der Waals surface area contributed by atoms with E-state index in [0.717, 1.165) is 30.8 Å². The minimum absolute atomic E-state index is 0.0781. The van der Waals surface area contributed by atoms with Crippen LogP contribution in [-0.2, 0) is 16.0 Å². The normalized spacial score (nSPS) is 10.3. The number of ether oxygens (including phenoxy) is 2. The van der Waals surface area contributed by atoms with E-state index in [2.05, 4.69) is 10.6 Å². The van der Waals surface area contributed by atoms with E-state index >= 15 is 0 Å². The summed E-state index contributed by atoms with van der Waals surface area (Å²) in [5, 5.41) is 6.06. The van der Waals surface area contributed by atoms with Gasteiger partial charge in [0, 0.05) is 33.2 Å². The monoisotopic (exact) mass is 280 g/mol. The average molecular weight is 280 g/mol. The zero-order valence-electron chi connectivity index (χ0n) is 12.3. The third-order valence-corrected chi connectivity index (χ3v) is 2.91. The number of hydrogen-bond donors (Lipinski definition) is 2. The van der Waals surface area contributed by atoms with Crippen LogP contribution in [-0.4, -0.2) is 46.4 Å². The Morgan fingerprint density at radius 3 is 2.50 bits per heavy atom. The molecule has 1 amide bonds. The molecular formula is C15H24N2O3. The number of amides is 1. The van der Waals surface area contributed by atoms with Gasteiger partial charge in [0.15, 0.2) is 0 Å². The SMILES string of the molecule is COCCNCCNC(=O)CCc1ccc(OC)cc1. The first-order valence-corrected chi connectivity index (χ1v) is 6.85. The number of benzene rings is 1. The van der Waals surface area contributed by atoms with Crippen molar-refractivity contribution in [3.05, 3.63) is 29.8 Å². The summed E-state index contributed by atoms with van der Waals surface area (Å²) in [4.78, 5) is 11.6. The maximum Gasteiger partial charge on any atom is 0.220 e. The lowest BCUT2D eigenvalue weighted by molar-refractivity contribution is -0.121. The molecule has 1 aromatic carbocycles. The summed E-state index contributed by atoms with van der Waals surface area (Å²) < 4.78 is 10.0. The maximum absolute atomic E-state index is 11.6. The minimum Gasteiger partial charge on any atom is -0.497 e. The van der Waals surface area contributed by atoms with E-state index in [4.69, 9.17) is 9.47 Å². The Kier molecular flexibility index (Phi) is 8.42. The number of rotatable bonds is 10. The molecule has 0 aliphatic carbocycles. The first-order chi connectivity index (χ1) is 9.76. The molecule has 1 aromatic rings. The van der Waals surface area contributed by atoms with Crippen LogP contribution in [0, 0.1) is 0 Å². The van der Waals surface area contributed by atoms with E-state index in [9.17, 15) is 4.79 Å². The van der Waals surface area contributed by atoms with Crippen LogP contribution >= 0.6 is 0 Å². The van der Waals surface area contributed by atoms with Crippen LogP contribution in [0.3, 0.4) is 0 Å². The number of hydrogen-bond acceptors (Lipinski definition) is 4. The summed E-state index contributed by atoms with van der Waals surface area (Å²) in [6.45, 7) is 2.90. The zero-order chi connectivity index (χ0) is 14.6. The highest BCUT2D eigenvalue weighted by atomic mass is 16.5. The fourth-order valence-electron chi connectivity index (χ4n) is 1.73. The van der Waals surface area contributed by atoms with Crippen molar-refractivity contribution in [3.63, 3.8) is 0 Å². The standard InChI is InChI=1S/C15H24N2O3/c1-19-12-11-16-9-10-17-15(18)8-5-13-3-6-14(20-2)7-4-13/h3-4,6-7,16H,5,8-12H2,1-2H3,(H,17,18). The molecule has 0 atom stereocenters. The van der Waals surface area contributed by atoms with E-state index in [1.807, 2.05) is 24.3 Å². The quantitative estimate of drug-likeness (QED) is 0.627. The average Bonchev–Trinajstić information content (AvgIpc) is 2.49. The van der Waals surface area contributed by atoms with Crippen LogP contribution in [0.5, 0.6) is 5.75 Å². The predicted molar refractivity (Wildman–Crippen MR) is 79.1 cm³/mol. The molecule has 0 saturated heterocycles. The largest absolute Gasteiger partial charge is 0.497 e. The number of aryl methyl sites for hydroxylation is 1. The van der Waals surface area contributed by atoms with Crippen LogP contribution in [0.25, 0.3) is 0 Å². The molecule has 0 bridgehead atoms. The molecule has 0 spiro atoms. The Bertz CT molecular complexity index is 379. The second kappa shape index (κ2) is 10.2. The fourth-order valence-corrected chi connectivity index (χ4v) is 1.73. The molecule has 5 heteroatoms. The highest BCUT2D eigenvalue weighted by molar-refractivity contribution is 5.76. The third-order valence-electron chi connectivity index (χ3n) is 2.91. The molecule has 0 saturated carbocycles. The van der Waals surface area contributed by atoms with E-state index < -0.39 is 0 Å². The smallest absolute Gasteiger partial charge is 0.220 e. The predicted octanol–water partition coefficient (Wildman–Crippen LogP) is 0.980. The van der Waals surface area contributed by atoms with Gasteiger partial charge in [0.25, 0.3) is 0 Å². The van der Waals surface area contributed by atoms with Crippen molar-refractivity contribution in [1.29, 1.82) is 0 Å². The summed E-state index contributed by atoms with van der Waals surface area (Å²) in [7, 11) is 3.31. The maximum atomic E-state index is 11.6. The summed E-state index contributed by atoms with van der Waals surface area (Å²) >= 11 is 0. The molecule has 112 valence electrons. The Morgan fingerprint density at radius 1 is 1.10 bits per heavy atom. The molecule has 0 fully saturated rings. The van der Waals surface area contributed by atoms with Crippen LogP contribution in [0.2, 0.25) is 0 Å².